The van der Waals surface area contributed by atoms with E-state index in [4.69, 9.17) is 4.74 Å². The predicted octanol–water partition coefficient (Wildman–Crippen LogP) is 2.85. The molecule has 0 radical (unpaired) electrons. The van der Waals surface area contributed by atoms with Gasteiger partial charge in [0.1, 0.15) is 11.9 Å². The number of carbonyl (C=O) groups is 3. The highest BCUT2D eigenvalue weighted by molar-refractivity contribution is 6.21. The molecule has 7 heteroatoms. The van der Waals surface area contributed by atoms with Gasteiger partial charge in [0, 0.05) is 5.69 Å². The molecule has 0 fully saturated rings. The first-order valence-electron chi connectivity index (χ1n) is 8.28. The van der Waals surface area contributed by atoms with Crippen LogP contribution in [0.2, 0.25) is 0 Å². The number of hydrogen-bond acceptors (Lipinski definition) is 4. The fourth-order valence-electron chi connectivity index (χ4n) is 2.78. The molecule has 134 valence electrons. The molecule has 1 atom stereocenters. The summed E-state index contributed by atoms with van der Waals surface area (Å²) in [5.41, 5.74) is 1.26. The van der Waals surface area contributed by atoms with Gasteiger partial charge in [0.25, 0.3) is 11.8 Å². The van der Waals surface area contributed by atoms with E-state index in [1.807, 2.05) is 6.92 Å². The molecule has 1 aliphatic heterocycles. The van der Waals surface area contributed by atoms with Gasteiger partial charge in [-0.25, -0.2) is 4.79 Å². The largest absolute Gasteiger partial charge is 0.494 e. The average molecular weight is 353 g/mol. The molecule has 0 bridgehead atoms. The molecule has 0 spiro atoms. The summed E-state index contributed by atoms with van der Waals surface area (Å²) in [4.78, 5) is 38.0. The van der Waals surface area contributed by atoms with Gasteiger partial charge in [-0.15, -0.1) is 0 Å². The lowest BCUT2D eigenvalue weighted by Crippen LogP contribution is -2.50. The molecule has 4 amide bonds. The fourth-order valence-corrected chi connectivity index (χ4v) is 2.78. The van der Waals surface area contributed by atoms with E-state index < -0.39 is 24.0 Å². The van der Waals surface area contributed by atoms with E-state index in [0.717, 1.165) is 4.90 Å². The maximum atomic E-state index is 12.4. The lowest BCUT2D eigenvalue weighted by Gasteiger charge is -2.23. The average Bonchev–Trinajstić information content (AvgIpc) is 2.88. The SMILES string of the molecule is CCOc1ccc(NC(=O)NC(C)N2C(=O)c3ccccc3C2=O)cc1. The summed E-state index contributed by atoms with van der Waals surface area (Å²) >= 11 is 0. The van der Waals surface area contributed by atoms with Crippen LogP contribution in [0.1, 0.15) is 34.6 Å². The number of benzene rings is 2. The molecular weight excluding hydrogens is 334 g/mol. The smallest absolute Gasteiger partial charge is 0.320 e. The number of hydrogen-bond donors (Lipinski definition) is 2. The van der Waals surface area contributed by atoms with Crippen molar-refractivity contribution in [2.75, 3.05) is 11.9 Å². The van der Waals surface area contributed by atoms with E-state index in [9.17, 15) is 14.4 Å². The Balaban J connectivity index is 1.63. The zero-order valence-corrected chi connectivity index (χ0v) is 14.5. The van der Waals surface area contributed by atoms with Crippen LogP contribution in [0.3, 0.4) is 0 Å². The molecule has 2 aromatic carbocycles. The van der Waals surface area contributed by atoms with Crippen molar-refractivity contribution in [2.24, 2.45) is 0 Å². The van der Waals surface area contributed by atoms with Crippen molar-refractivity contribution in [3.63, 3.8) is 0 Å². The Labute approximate surface area is 150 Å². The van der Waals surface area contributed by atoms with Crippen LogP contribution < -0.4 is 15.4 Å². The van der Waals surface area contributed by atoms with Crippen molar-refractivity contribution >= 4 is 23.5 Å². The maximum Gasteiger partial charge on any atom is 0.320 e. The van der Waals surface area contributed by atoms with Gasteiger partial charge in [-0.1, -0.05) is 12.1 Å². The Morgan fingerprint density at radius 3 is 2.15 bits per heavy atom. The Morgan fingerprint density at radius 1 is 1.04 bits per heavy atom. The highest BCUT2D eigenvalue weighted by Crippen LogP contribution is 2.23. The number of nitrogens with zero attached hydrogens (tertiary/aromatic N) is 1. The van der Waals surface area contributed by atoms with Crippen molar-refractivity contribution < 1.29 is 19.1 Å². The molecule has 3 rings (SSSR count). The molecule has 0 saturated carbocycles. The van der Waals surface area contributed by atoms with Crippen LogP contribution in [0, 0.1) is 0 Å². The van der Waals surface area contributed by atoms with E-state index >= 15 is 0 Å². The molecule has 2 aromatic rings. The van der Waals surface area contributed by atoms with Crippen molar-refractivity contribution in [1.82, 2.24) is 10.2 Å². The molecule has 26 heavy (non-hydrogen) atoms. The van der Waals surface area contributed by atoms with Gasteiger partial charge in [-0.05, 0) is 50.2 Å². The molecule has 7 nitrogen and oxygen atoms in total. The van der Waals surface area contributed by atoms with E-state index in [2.05, 4.69) is 10.6 Å². The van der Waals surface area contributed by atoms with Crippen molar-refractivity contribution in [1.29, 1.82) is 0 Å². The number of amides is 4. The Kier molecular flexibility index (Phi) is 4.88. The van der Waals surface area contributed by atoms with Gasteiger partial charge in [0.05, 0.1) is 17.7 Å². The molecule has 0 aromatic heterocycles. The number of anilines is 1. The highest BCUT2D eigenvalue weighted by atomic mass is 16.5. The van der Waals surface area contributed by atoms with Crippen LogP contribution in [0.4, 0.5) is 10.5 Å². The standard InChI is InChI=1S/C19H19N3O4/c1-3-26-14-10-8-13(9-11-14)21-19(25)20-12(2)22-17(23)15-6-4-5-7-16(15)18(22)24/h4-12H,3H2,1-2H3,(H2,20,21,25). The number of rotatable bonds is 5. The van der Waals surface area contributed by atoms with Crippen LogP contribution in [0.25, 0.3) is 0 Å². The minimum absolute atomic E-state index is 0.345. The van der Waals surface area contributed by atoms with E-state index in [1.165, 1.54) is 0 Å². The number of imide groups is 1. The third-order valence-corrected chi connectivity index (χ3v) is 3.98. The maximum absolute atomic E-state index is 12.4. The molecule has 0 saturated heterocycles. The molecule has 1 unspecified atom stereocenters. The third kappa shape index (κ3) is 3.37. The van der Waals surface area contributed by atoms with Gasteiger partial charge in [0.2, 0.25) is 0 Å². The Bertz CT molecular complexity index is 813. The van der Waals surface area contributed by atoms with Crippen molar-refractivity contribution in [3.05, 3.63) is 59.7 Å². The molecular formula is C19H19N3O4. The van der Waals surface area contributed by atoms with Gasteiger partial charge >= 0.3 is 6.03 Å². The lowest BCUT2D eigenvalue weighted by molar-refractivity contribution is 0.0581. The quantitative estimate of drug-likeness (QED) is 0.809. The number of fused-ring (bicyclic) bond motifs is 1. The van der Waals surface area contributed by atoms with E-state index in [-0.39, 0.29) is 0 Å². The lowest BCUT2D eigenvalue weighted by atomic mass is 10.1. The summed E-state index contributed by atoms with van der Waals surface area (Å²) in [6.07, 6.45) is -0.787. The third-order valence-electron chi connectivity index (χ3n) is 3.98. The molecule has 0 aliphatic carbocycles. The van der Waals surface area contributed by atoms with Crippen LogP contribution in [-0.4, -0.2) is 35.5 Å². The second kappa shape index (κ2) is 7.26. The van der Waals surface area contributed by atoms with Gasteiger partial charge < -0.3 is 15.4 Å². The van der Waals surface area contributed by atoms with Gasteiger partial charge in [-0.2, -0.15) is 0 Å². The van der Waals surface area contributed by atoms with Gasteiger partial charge in [-0.3, -0.25) is 14.5 Å². The Hall–Kier alpha value is -3.35. The zero-order valence-electron chi connectivity index (χ0n) is 14.5. The first-order chi connectivity index (χ1) is 12.5. The number of nitrogens with one attached hydrogen (secondary N) is 2. The first-order valence-corrected chi connectivity index (χ1v) is 8.28. The predicted molar refractivity (Wildman–Crippen MR) is 96.2 cm³/mol. The van der Waals surface area contributed by atoms with Crippen LogP contribution in [0.15, 0.2) is 48.5 Å². The van der Waals surface area contributed by atoms with Gasteiger partial charge in [0.15, 0.2) is 0 Å². The summed E-state index contributed by atoms with van der Waals surface area (Å²) in [5.74, 6) is -0.128. The van der Waals surface area contributed by atoms with Crippen LogP contribution in [0.5, 0.6) is 5.75 Å². The number of ether oxygens (including phenoxy) is 1. The monoisotopic (exact) mass is 353 g/mol. The molecule has 1 aliphatic rings. The van der Waals surface area contributed by atoms with E-state index in [0.29, 0.717) is 29.2 Å². The molecule has 1 heterocycles. The number of urea groups is 1. The highest BCUT2D eigenvalue weighted by Gasteiger charge is 2.38. The summed E-state index contributed by atoms with van der Waals surface area (Å²) in [6, 6.07) is 13.0. The number of carbonyl (C=O) groups excluding carboxylic acids is 3. The second-order valence-electron chi connectivity index (χ2n) is 5.76. The van der Waals surface area contributed by atoms with E-state index in [1.54, 1.807) is 55.5 Å². The molecule has 2 N–H and O–H groups in total. The zero-order chi connectivity index (χ0) is 18.7. The first kappa shape index (κ1) is 17.5. The summed E-state index contributed by atoms with van der Waals surface area (Å²) in [6.45, 7) is 4.03. The second-order valence-corrected chi connectivity index (χ2v) is 5.76. The van der Waals surface area contributed by atoms with Crippen LogP contribution >= 0.6 is 0 Å². The van der Waals surface area contributed by atoms with Crippen molar-refractivity contribution in [3.8, 4) is 5.75 Å². The van der Waals surface area contributed by atoms with Crippen molar-refractivity contribution in [2.45, 2.75) is 20.0 Å². The minimum atomic E-state index is -0.787. The fraction of sp³-hybridized carbons (Fsp3) is 0.211. The summed E-state index contributed by atoms with van der Waals surface area (Å²) in [5, 5.41) is 5.27. The Morgan fingerprint density at radius 2 is 1.62 bits per heavy atom. The normalized spacial score (nSPS) is 14.0. The topological polar surface area (TPSA) is 87.7 Å². The summed E-state index contributed by atoms with van der Waals surface area (Å²) in [7, 11) is 0. The summed E-state index contributed by atoms with van der Waals surface area (Å²) < 4.78 is 5.34. The minimum Gasteiger partial charge on any atom is -0.494 e. The van der Waals surface area contributed by atoms with Crippen LogP contribution in [-0.2, 0) is 0 Å².